The first-order chi connectivity index (χ1) is 16.6. The number of hydrogen-bond donors (Lipinski definition) is 1. The first kappa shape index (κ1) is 24.0. The maximum atomic E-state index is 13.4. The van der Waals surface area contributed by atoms with Crippen LogP contribution in [0.4, 0.5) is 10.1 Å². The van der Waals surface area contributed by atoms with E-state index in [0.29, 0.717) is 11.1 Å². The standard InChI is InChI=1S/C25H25FN4O2S2/c1-3-30(4-2)20-13-9-18(10-14-20)24-28-29-25(32-24)34-16-22(31)27-23(21-6-5-15-33-21)17-7-11-19(26)12-8-17/h5-15,23H,3-4,16H2,1-2H3,(H,27,31)/t23-/m1/s1. The molecule has 2 aromatic heterocycles. The molecule has 176 valence electrons. The van der Waals surface area contributed by atoms with Gasteiger partial charge in [0.25, 0.3) is 5.22 Å². The minimum absolute atomic E-state index is 0.117. The summed E-state index contributed by atoms with van der Waals surface area (Å²) in [6.45, 7) is 6.12. The molecule has 0 aliphatic heterocycles. The normalized spacial score (nSPS) is 11.9. The van der Waals surface area contributed by atoms with Gasteiger partial charge < -0.3 is 14.6 Å². The highest BCUT2D eigenvalue weighted by atomic mass is 32.2. The van der Waals surface area contributed by atoms with Crippen LogP contribution < -0.4 is 10.2 Å². The quantitative estimate of drug-likeness (QED) is 0.281. The summed E-state index contributed by atoms with van der Waals surface area (Å²) in [7, 11) is 0. The van der Waals surface area contributed by atoms with E-state index in [1.54, 1.807) is 12.1 Å². The van der Waals surface area contributed by atoms with Gasteiger partial charge >= 0.3 is 0 Å². The largest absolute Gasteiger partial charge is 0.411 e. The van der Waals surface area contributed by atoms with E-state index >= 15 is 0 Å². The number of benzene rings is 2. The fourth-order valence-electron chi connectivity index (χ4n) is 3.55. The van der Waals surface area contributed by atoms with Gasteiger partial charge in [0.15, 0.2) is 0 Å². The third-order valence-corrected chi connectivity index (χ3v) is 7.07. The zero-order valence-corrected chi connectivity index (χ0v) is 20.5. The number of thiophene rings is 1. The van der Waals surface area contributed by atoms with Crippen molar-refractivity contribution in [3.8, 4) is 11.5 Å². The maximum Gasteiger partial charge on any atom is 0.277 e. The smallest absolute Gasteiger partial charge is 0.277 e. The highest BCUT2D eigenvalue weighted by molar-refractivity contribution is 7.99. The Bertz CT molecular complexity index is 1190. The molecule has 2 aromatic carbocycles. The Balaban J connectivity index is 1.38. The minimum Gasteiger partial charge on any atom is -0.411 e. The Morgan fingerprint density at radius 2 is 1.82 bits per heavy atom. The molecule has 0 aliphatic rings. The number of carbonyl (C=O) groups is 1. The van der Waals surface area contributed by atoms with Gasteiger partial charge in [0.2, 0.25) is 11.8 Å². The van der Waals surface area contributed by atoms with Crippen molar-refractivity contribution >= 4 is 34.7 Å². The molecule has 2 heterocycles. The summed E-state index contributed by atoms with van der Waals surface area (Å²) in [5.74, 6) is 0.0317. The molecule has 34 heavy (non-hydrogen) atoms. The topological polar surface area (TPSA) is 71.3 Å². The molecule has 1 N–H and O–H groups in total. The molecular weight excluding hydrogens is 471 g/mol. The molecule has 0 fully saturated rings. The average Bonchev–Trinajstić information content (AvgIpc) is 3.56. The van der Waals surface area contributed by atoms with Crippen LogP contribution in [-0.2, 0) is 4.79 Å². The van der Waals surface area contributed by atoms with E-state index in [1.807, 2.05) is 41.8 Å². The van der Waals surface area contributed by atoms with Crippen LogP contribution in [-0.4, -0.2) is 34.9 Å². The third-order valence-electron chi connectivity index (χ3n) is 5.31. The number of amides is 1. The van der Waals surface area contributed by atoms with E-state index in [9.17, 15) is 9.18 Å². The predicted octanol–water partition coefficient (Wildman–Crippen LogP) is 5.78. The van der Waals surface area contributed by atoms with Gasteiger partial charge in [-0.2, -0.15) is 0 Å². The fraction of sp³-hybridized carbons (Fsp3) is 0.240. The molecule has 9 heteroatoms. The van der Waals surface area contributed by atoms with E-state index in [0.717, 1.165) is 34.8 Å². The lowest BCUT2D eigenvalue weighted by Crippen LogP contribution is -2.30. The van der Waals surface area contributed by atoms with Crippen LogP contribution in [0.2, 0.25) is 0 Å². The fourth-order valence-corrected chi connectivity index (χ4v) is 4.92. The molecule has 0 spiro atoms. The summed E-state index contributed by atoms with van der Waals surface area (Å²) in [5, 5.41) is 13.5. The van der Waals surface area contributed by atoms with Gasteiger partial charge in [-0.3, -0.25) is 4.79 Å². The molecular formula is C25H25FN4O2S2. The summed E-state index contributed by atoms with van der Waals surface area (Å²) < 4.78 is 19.1. The van der Waals surface area contributed by atoms with Gasteiger partial charge in [-0.15, -0.1) is 21.5 Å². The van der Waals surface area contributed by atoms with Crippen molar-refractivity contribution in [3.05, 3.63) is 82.3 Å². The van der Waals surface area contributed by atoms with Crippen molar-refractivity contribution in [1.82, 2.24) is 15.5 Å². The number of anilines is 1. The van der Waals surface area contributed by atoms with Crippen molar-refractivity contribution in [3.63, 3.8) is 0 Å². The number of thioether (sulfide) groups is 1. The van der Waals surface area contributed by atoms with Crippen molar-refractivity contribution in [2.45, 2.75) is 25.1 Å². The summed E-state index contributed by atoms with van der Waals surface area (Å²) in [4.78, 5) is 15.9. The predicted molar refractivity (Wildman–Crippen MR) is 135 cm³/mol. The molecule has 0 saturated carbocycles. The SMILES string of the molecule is CCN(CC)c1ccc(-c2nnc(SCC(=O)N[C@H](c3ccc(F)cc3)c3cccs3)o2)cc1. The lowest BCUT2D eigenvalue weighted by Gasteiger charge is -2.20. The first-order valence-corrected chi connectivity index (χ1v) is 12.8. The molecule has 0 saturated heterocycles. The van der Waals surface area contributed by atoms with Crippen LogP contribution in [0.3, 0.4) is 0 Å². The maximum absolute atomic E-state index is 13.4. The van der Waals surface area contributed by atoms with Crippen LogP contribution in [0.25, 0.3) is 11.5 Å². The Labute approximate surface area is 206 Å². The molecule has 0 bridgehead atoms. The van der Waals surface area contributed by atoms with E-state index in [-0.39, 0.29) is 23.5 Å². The van der Waals surface area contributed by atoms with E-state index in [4.69, 9.17) is 4.42 Å². The van der Waals surface area contributed by atoms with E-state index in [1.165, 1.54) is 35.2 Å². The van der Waals surface area contributed by atoms with Gasteiger partial charge in [-0.05, 0) is 67.3 Å². The monoisotopic (exact) mass is 496 g/mol. The van der Waals surface area contributed by atoms with Crippen LogP contribution in [0.5, 0.6) is 0 Å². The summed E-state index contributed by atoms with van der Waals surface area (Å²) >= 11 is 2.71. The van der Waals surface area contributed by atoms with Crippen molar-refractivity contribution in [2.24, 2.45) is 0 Å². The second-order valence-electron chi connectivity index (χ2n) is 7.45. The van der Waals surface area contributed by atoms with Gasteiger partial charge in [0, 0.05) is 29.2 Å². The zero-order chi connectivity index (χ0) is 23.9. The van der Waals surface area contributed by atoms with Crippen LogP contribution in [0.1, 0.15) is 30.3 Å². The number of rotatable bonds is 10. The molecule has 4 rings (SSSR count). The Morgan fingerprint density at radius 3 is 2.47 bits per heavy atom. The lowest BCUT2D eigenvalue weighted by molar-refractivity contribution is -0.119. The van der Waals surface area contributed by atoms with Crippen LogP contribution in [0, 0.1) is 5.82 Å². The Morgan fingerprint density at radius 1 is 1.09 bits per heavy atom. The highest BCUT2D eigenvalue weighted by Gasteiger charge is 2.19. The van der Waals surface area contributed by atoms with Gasteiger partial charge in [0.1, 0.15) is 5.82 Å². The third kappa shape index (κ3) is 5.84. The van der Waals surface area contributed by atoms with Crippen molar-refractivity contribution < 1.29 is 13.6 Å². The summed E-state index contributed by atoms with van der Waals surface area (Å²) in [6.07, 6.45) is 0. The van der Waals surface area contributed by atoms with Gasteiger partial charge in [-0.1, -0.05) is 30.0 Å². The Hall–Kier alpha value is -3.17. The number of aromatic nitrogens is 2. The zero-order valence-electron chi connectivity index (χ0n) is 18.9. The second-order valence-corrected chi connectivity index (χ2v) is 9.35. The summed E-state index contributed by atoms with van der Waals surface area (Å²) in [6, 6.07) is 17.7. The highest BCUT2D eigenvalue weighted by Crippen LogP contribution is 2.28. The second kappa shape index (κ2) is 11.3. The van der Waals surface area contributed by atoms with Gasteiger partial charge in [0.05, 0.1) is 11.8 Å². The molecule has 0 unspecified atom stereocenters. The number of nitrogens with zero attached hydrogens (tertiary/aromatic N) is 3. The van der Waals surface area contributed by atoms with Crippen molar-refractivity contribution in [1.29, 1.82) is 0 Å². The first-order valence-electron chi connectivity index (χ1n) is 11.0. The van der Waals surface area contributed by atoms with Crippen molar-refractivity contribution in [2.75, 3.05) is 23.7 Å². The average molecular weight is 497 g/mol. The van der Waals surface area contributed by atoms with E-state index in [2.05, 4.69) is 34.3 Å². The molecule has 4 aromatic rings. The molecule has 6 nitrogen and oxygen atoms in total. The number of nitrogens with one attached hydrogen (secondary N) is 1. The van der Waals surface area contributed by atoms with Gasteiger partial charge in [-0.25, -0.2) is 4.39 Å². The number of hydrogen-bond acceptors (Lipinski definition) is 7. The number of halogens is 1. The lowest BCUT2D eigenvalue weighted by atomic mass is 10.1. The summed E-state index contributed by atoms with van der Waals surface area (Å²) in [5.41, 5.74) is 2.78. The molecule has 1 amide bonds. The minimum atomic E-state index is -0.351. The van der Waals surface area contributed by atoms with E-state index < -0.39 is 0 Å². The Kier molecular flexibility index (Phi) is 7.97. The van der Waals surface area contributed by atoms with Crippen LogP contribution >= 0.6 is 23.1 Å². The molecule has 1 atom stereocenters. The molecule has 0 aliphatic carbocycles. The molecule has 0 radical (unpaired) electrons. The number of carbonyl (C=O) groups excluding carboxylic acids is 1. The van der Waals surface area contributed by atoms with Crippen LogP contribution in [0.15, 0.2) is 75.7 Å².